The van der Waals surface area contributed by atoms with Crippen LogP contribution in [0.4, 0.5) is 4.39 Å². The Morgan fingerprint density at radius 1 is 1.40 bits per heavy atom. The summed E-state index contributed by atoms with van der Waals surface area (Å²) in [6, 6.07) is 7.23. The SMILES string of the molecule is CCC1CCCC(C(CSc2ccccc2F)NN)C1. The monoisotopic (exact) mass is 296 g/mol. The second-order valence-electron chi connectivity index (χ2n) is 5.72. The van der Waals surface area contributed by atoms with Gasteiger partial charge in [-0.1, -0.05) is 38.3 Å². The molecule has 112 valence electrons. The van der Waals surface area contributed by atoms with Gasteiger partial charge in [0, 0.05) is 16.7 Å². The number of halogens is 1. The van der Waals surface area contributed by atoms with Crippen LogP contribution in [0.25, 0.3) is 0 Å². The smallest absolute Gasteiger partial charge is 0.136 e. The van der Waals surface area contributed by atoms with Crippen LogP contribution in [0.15, 0.2) is 29.2 Å². The van der Waals surface area contributed by atoms with Crippen molar-refractivity contribution in [1.29, 1.82) is 0 Å². The average molecular weight is 296 g/mol. The van der Waals surface area contributed by atoms with Gasteiger partial charge in [-0.2, -0.15) is 0 Å². The van der Waals surface area contributed by atoms with E-state index in [4.69, 9.17) is 5.84 Å². The van der Waals surface area contributed by atoms with Gasteiger partial charge in [0.1, 0.15) is 5.82 Å². The lowest BCUT2D eigenvalue weighted by molar-refractivity contribution is 0.219. The van der Waals surface area contributed by atoms with Gasteiger partial charge in [-0.25, -0.2) is 4.39 Å². The van der Waals surface area contributed by atoms with Crippen LogP contribution in [0.5, 0.6) is 0 Å². The van der Waals surface area contributed by atoms with Crippen molar-refractivity contribution >= 4 is 11.8 Å². The van der Waals surface area contributed by atoms with E-state index < -0.39 is 0 Å². The van der Waals surface area contributed by atoms with E-state index >= 15 is 0 Å². The molecule has 0 amide bonds. The molecule has 1 fully saturated rings. The quantitative estimate of drug-likeness (QED) is 0.474. The Kier molecular flexibility index (Phi) is 6.33. The molecule has 0 radical (unpaired) electrons. The number of benzene rings is 1. The lowest BCUT2D eigenvalue weighted by Gasteiger charge is -2.33. The molecular weight excluding hydrogens is 271 g/mol. The summed E-state index contributed by atoms with van der Waals surface area (Å²) in [4.78, 5) is 0.718. The van der Waals surface area contributed by atoms with Crippen LogP contribution in [-0.4, -0.2) is 11.8 Å². The van der Waals surface area contributed by atoms with Gasteiger partial charge in [0.05, 0.1) is 0 Å². The highest BCUT2D eigenvalue weighted by Gasteiger charge is 2.27. The third-order valence-electron chi connectivity index (χ3n) is 4.44. The predicted octanol–water partition coefficient (Wildman–Crippen LogP) is 3.97. The lowest BCUT2D eigenvalue weighted by Crippen LogP contribution is -2.44. The van der Waals surface area contributed by atoms with Crippen LogP contribution in [0, 0.1) is 17.7 Å². The highest BCUT2D eigenvalue weighted by atomic mass is 32.2. The van der Waals surface area contributed by atoms with Crippen LogP contribution >= 0.6 is 11.8 Å². The number of thioether (sulfide) groups is 1. The highest BCUT2D eigenvalue weighted by molar-refractivity contribution is 7.99. The first-order valence-electron chi connectivity index (χ1n) is 7.58. The molecule has 3 unspecified atom stereocenters. The summed E-state index contributed by atoms with van der Waals surface area (Å²) in [5, 5.41) is 0. The molecule has 0 aliphatic heterocycles. The van der Waals surface area contributed by atoms with Gasteiger partial charge < -0.3 is 0 Å². The van der Waals surface area contributed by atoms with Crippen LogP contribution in [0.2, 0.25) is 0 Å². The average Bonchev–Trinajstić information content (AvgIpc) is 2.50. The molecule has 2 rings (SSSR count). The molecule has 1 aliphatic rings. The highest BCUT2D eigenvalue weighted by Crippen LogP contribution is 2.34. The molecule has 20 heavy (non-hydrogen) atoms. The minimum absolute atomic E-state index is 0.136. The lowest BCUT2D eigenvalue weighted by atomic mass is 9.77. The topological polar surface area (TPSA) is 38.0 Å². The Hall–Kier alpha value is -0.580. The molecule has 0 bridgehead atoms. The summed E-state index contributed by atoms with van der Waals surface area (Å²) >= 11 is 1.56. The summed E-state index contributed by atoms with van der Waals surface area (Å²) in [5.74, 6) is 7.89. The minimum atomic E-state index is -0.136. The molecule has 1 aromatic rings. The standard InChI is InChI=1S/C16H25FN2S/c1-2-12-6-5-7-13(10-12)15(19-18)11-20-16-9-4-3-8-14(16)17/h3-4,8-9,12-13,15,19H,2,5-7,10-11,18H2,1H3. The van der Waals surface area contributed by atoms with Gasteiger partial charge in [0.15, 0.2) is 0 Å². The summed E-state index contributed by atoms with van der Waals surface area (Å²) in [6.45, 7) is 2.27. The van der Waals surface area contributed by atoms with E-state index in [9.17, 15) is 4.39 Å². The van der Waals surface area contributed by atoms with Crippen LogP contribution in [0.1, 0.15) is 39.0 Å². The zero-order valence-corrected chi connectivity index (χ0v) is 13.0. The number of hydrogen-bond donors (Lipinski definition) is 2. The zero-order valence-electron chi connectivity index (χ0n) is 12.1. The van der Waals surface area contributed by atoms with Crippen molar-refractivity contribution in [1.82, 2.24) is 5.43 Å². The molecule has 3 N–H and O–H groups in total. The van der Waals surface area contributed by atoms with E-state index in [-0.39, 0.29) is 11.9 Å². The van der Waals surface area contributed by atoms with Crippen molar-refractivity contribution in [3.8, 4) is 0 Å². The number of rotatable bonds is 6. The molecule has 4 heteroatoms. The van der Waals surface area contributed by atoms with Gasteiger partial charge in [0.25, 0.3) is 0 Å². The van der Waals surface area contributed by atoms with Crippen molar-refractivity contribution in [2.75, 3.05) is 5.75 Å². The minimum Gasteiger partial charge on any atom is -0.271 e. The Morgan fingerprint density at radius 2 is 2.20 bits per heavy atom. The first-order chi connectivity index (χ1) is 9.74. The number of nitrogens with two attached hydrogens (primary N) is 1. The molecule has 0 saturated heterocycles. The van der Waals surface area contributed by atoms with E-state index in [0.717, 1.165) is 16.6 Å². The van der Waals surface area contributed by atoms with Crippen molar-refractivity contribution < 1.29 is 4.39 Å². The molecule has 1 aliphatic carbocycles. The van der Waals surface area contributed by atoms with Crippen LogP contribution in [-0.2, 0) is 0 Å². The summed E-state index contributed by atoms with van der Waals surface area (Å²) in [6.07, 6.45) is 6.40. The zero-order chi connectivity index (χ0) is 14.4. The van der Waals surface area contributed by atoms with Gasteiger partial charge in [-0.3, -0.25) is 11.3 Å². The van der Waals surface area contributed by atoms with Crippen LogP contribution in [0.3, 0.4) is 0 Å². The Morgan fingerprint density at radius 3 is 2.90 bits per heavy atom. The molecule has 1 aromatic carbocycles. The Balaban J connectivity index is 1.90. The summed E-state index contributed by atoms with van der Waals surface area (Å²) in [7, 11) is 0. The molecule has 1 saturated carbocycles. The summed E-state index contributed by atoms with van der Waals surface area (Å²) in [5.41, 5.74) is 2.96. The maximum Gasteiger partial charge on any atom is 0.136 e. The number of nitrogens with one attached hydrogen (secondary N) is 1. The number of hydrazine groups is 1. The van der Waals surface area contributed by atoms with E-state index in [1.807, 2.05) is 12.1 Å². The first kappa shape index (κ1) is 15.8. The van der Waals surface area contributed by atoms with Crippen molar-refractivity contribution in [3.63, 3.8) is 0 Å². The Bertz CT molecular complexity index is 413. The normalized spacial score (nSPS) is 24.6. The van der Waals surface area contributed by atoms with Crippen molar-refractivity contribution in [3.05, 3.63) is 30.1 Å². The first-order valence-corrected chi connectivity index (χ1v) is 8.56. The van der Waals surface area contributed by atoms with Gasteiger partial charge in [0.2, 0.25) is 0 Å². The molecule has 0 heterocycles. The predicted molar refractivity (Wildman–Crippen MR) is 84.0 cm³/mol. The third kappa shape index (κ3) is 4.21. The maximum atomic E-state index is 13.6. The number of hydrogen-bond acceptors (Lipinski definition) is 3. The molecular formula is C16H25FN2S. The third-order valence-corrected chi connectivity index (χ3v) is 5.61. The van der Waals surface area contributed by atoms with Crippen molar-refractivity contribution in [2.45, 2.75) is 50.0 Å². The fraction of sp³-hybridized carbons (Fsp3) is 0.625. The molecule has 0 aromatic heterocycles. The van der Waals surface area contributed by atoms with E-state index in [1.165, 1.54) is 38.2 Å². The van der Waals surface area contributed by atoms with E-state index in [2.05, 4.69) is 12.3 Å². The van der Waals surface area contributed by atoms with E-state index in [0.29, 0.717) is 5.92 Å². The fourth-order valence-corrected chi connectivity index (χ4v) is 4.24. The van der Waals surface area contributed by atoms with Crippen molar-refractivity contribution in [2.24, 2.45) is 17.7 Å². The molecule has 2 nitrogen and oxygen atoms in total. The van der Waals surface area contributed by atoms with Gasteiger partial charge in [-0.15, -0.1) is 11.8 Å². The summed E-state index contributed by atoms with van der Waals surface area (Å²) < 4.78 is 13.6. The second-order valence-corrected chi connectivity index (χ2v) is 6.78. The molecule has 3 atom stereocenters. The maximum absolute atomic E-state index is 13.6. The fourth-order valence-electron chi connectivity index (χ4n) is 3.13. The Labute approximate surface area is 125 Å². The molecule has 0 spiro atoms. The largest absolute Gasteiger partial charge is 0.271 e. The second kappa shape index (κ2) is 8.01. The van der Waals surface area contributed by atoms with Crippen LogP contribution < -0.4 is 11.3 Å². The van der Waals surface area contributed by atoms with Gasteiger partial charge >= 0.3 is 0 Å². The van der Waals surface area contributed by atoms with Gasteiger partial charge in [-0.05, 0) is 36.8 Å². The van der Waals surface area contributed by atoms with E-state index in [1.54, 1.807) is 17.8 Å².